The average Bonchev–Trinajstić information content (AvgIpc) is 2.04. The van der Waals surface area contributed by atoms with Crippen LogP contribution < -0.4 is 5.46 Å². The van der Waals surface area contributed by atoms with E-state index in [-0.39, 0.29) is 5.56 Å². The fourth-order valence-electron chi connectivity index (χ4n) is 0.886. The lowest BCUT2D eigenvalue weighted by atomic mass is 9.73. The van der Waals surface area contributed by atoms with E-state index in [9.17, 15) is 9.18 Å². The molecule has 11 heavy (non-hydrogen) atoms. The molecular formula is C8H8BFO. The minimum atomic E-state index is -0.431. The molecular weight excluding hydrogens is 142 g/mol. The fraction of sp³-hybridized carbons (Fsp3) is 0.125. The zero-order valence-electron chi connectivity index (χ0n) is 6.30. The van der Waals surface area contributed by atoms with Gasteiger partial charge in [0.1, 0.15) is 5.82 Å². The first-order valence-corrected chi connectivity index (χ1v) is 3.51. The first-order valence-electron chi connectivity index (χ1n) is 3.51. The van der Waals surface area contributed by atoms with Crippen LogP contribution in [0, 0.1) is 5.82 Å². The minimum Gasteiger partial charge on any atom is -0.298 e. The van der Waals surface area contributed by atoms with Crippen LogP contribution >= 0.6 is 0 Å². The summed E-state index contributed by atoms with van der Waals surface area (Å²) in [6.07, 6.45) is 0.523. The monoisotopic (exact) mass is 150 g/mol. The van der Waals surface area contributed by atoms with E-state index >= 15 is 0 Å². The number of hydrogen-bond acceptors (Lipinski definition) is 1. The van der Waals surface area contributed by atoms with Crippen molar-refractivity contribution >= 4 is 19.0 Å². The van der Waals surface area contributed by atoms with Crippen LogP contribution in [0.2, 0.25) is 6.82 Å². The first-order chi connectivity index (χ1) is 5.27. The number of carbonyl (C=O) groups excluding carboxylic acids is 1. The molecule has 0 aliphatic rings. The summed E-state index contributed by atoms with van der Waals surface area (Å²) >= 11 is 0. The quantitative estimate of drug-likeness (QED) is 0.449. The third kappa shape index (κ3) is 1.67. The molecule has 0 bridgehead atoms. The summed E-state index contributed by atoms with van der Waals surface area (Å²) in [5.41, 5.74) is 1.04. The molecule has 0 unspecified atom stereocenters. The van der Waals surface area contributed by atoms with Gasteiger partial charge in [0, 0.05) is 5.56 Å². The highest BCUT2D eigenvalue weighted by Crippen LogP contribution is 2.00. The maximum atomic E-state index is 12.8. The van der Waals surface area contributed by atoms with Gasteiger partial charge in [0.2, 0.25) is 0 Å². The number of benzene rings is 1. The van der Waals surface area contributed by atoms with Crippen molar-refractivity contribution in [2.75, 3.05) is 0 Å². The summed E-state index contributed by atoms with van der Waals surface area (Å²) in [7, 11) is 0.788. The maximum absolute atomic E-state index is 12.8. The molecule has 0 spiro atoms. The van der Waals surface area contributed by atoms with Gasteiger partial charge in [-0.15, -0.1) is 0 Å². The van der Waals surface area contributed by atoms with Crippen LogP contribution in [0.3, 0.4) is 0 Å². The van der Waals surface area contributed by atoms with Gasteiger partial charge in [-0.3, -0.25) is 4.79 Å². The lowest BCUT2D eigenvalue weighted by molar-refractivity contribution is 0.112. The van der Waals surface area contributed by atoms with Crippen LogP contribution in [0.15, 0.2) is 18.2 Å². The summed E-state index contributed by atoms with van der Waals surface area (Å²) in [6.45, 7) is 1.94. The van der Waals surface area contributed by atoms with Crippen molar-refractivity contribution in [1.29, 1.82) is 0 Å². The third-order valence-corrected chi connectivity index (χ3v) is 1.60. The second-order valence-corrected chi connectivity index (χ2v) is 2.33. The molecule has 0 heterocycles. The summed E-state index contributed by atoms with van der Waals surface area (Å²) in [6, 6.07) is 4.65. The highest BCUT2D eigenvalue weighted by molar-refractivity contribution is 6.51. The Hall–Kier alpha value is -1.12. The normalized spacial score (nSPS) is 9.27. The Morgan fingerprint density at radius 3 is 2.73 bits per heavy atom. The minimum absolute atomic E-state index is 0.127. The lowest BCUT2D eigenvalue weighted by Crippen LogP contribution is -2.11. The van der Waals surface area contributed by atoms with Crippen LogP contribution in [-0.2, 0) is 0 Å². The van der Waals surface area contributed by atoms with Crippen molar-refractivity contribution in [3.63, 3.8) is 0 Å². The number of rotatable bonds is 2. The number of carbonyl (C=O) groups is 1. The van der Waals surface area contributed by atoms with E-state index in [0.717, 1.165) is 12.7 Å². The maximum Gasteiger partial charge on any atom is 0.154 e. The van der Waals surface area contributed by atoms with E-state index in [1.165, 1.54) is 12.1 Å². The SMILES string of the molecule is CBc1ccc(C=O)c(F)c1. The van der Waals surface area contributed by atoms with Gasteiger partial charge < -0.3 is 0 Å². The van der Waals surface area contributed by atoms with Crippen molar-refractivity contribution in [3.8, 4) is 0 Å². The molecule has 0 aliphatic heterocycles. The van der Waals surface area contributed by atoms with Crippen molar-refractivity contribution < 1.29 is 9.18 Å². The lowest BCUT2D eigenvalue weighted by Gasteiger charge is -1.96. The Kier molecular flexibility index (Phi) is 2.42. The Labute approximate surface area is 65.5 Å². The Bertz CT molecular complexity index is 273. The summed E-state index contributed by atoms with van der Waals surface area (Å²) in [5, 5.41) is 0. The van der Waals surface area contributed by atoms with E-state index < -0.39 is 5.82 Å². The van der Waals surface area contributed by atoms with Gasteiger partial charge in [0.05, 0.1) is 0 Å². The first kappa shape index (κ1) is 7.99. The van der Waals surface area contributed by atoms with Gasteiger partial charge in [-0.05, 0) is 12.1 Å². The number of hydrogen-bond donors (Lipinski definition) is 0. The summed E-state index contributed by atoms with van der Waals surface area (Å²) in [4.78, 5) is 10.2. The molecule has 1 rings (SSSR count). The zero-order valence-corrected chi connectivity index (χ0v) is 6.30. The van der Waals surface area contributed by atoms with Crippen LogP contribution in [0.1, 0.15) is 10.4 Å². The Morgan fingerprint density at radius 1 is 1.55 bits per heavy atom. The molecule has 0 atom stereocenters. The second-order valence-electron chi connectivity index (χ2n) is 2.33. The van der Waals surface area contributed by atoms with Crippen molar-refractivity contribution in [2.24, 2.45) is 0 Å². The molecule has 1 nitrogen and oxygen atoms in total. The molecule has 0 N–H and O–H groups in total. The van der Waals surface area contributed by atoms with Crippen LogP contribution in [0.5, 0.6) is 0 Å². The van der Waals surface area contributed by atoms with Gasteiger partial charge in [-0.1, -0.05) is 18.4 Å². The van der Waals surface area contributed by atoms with Gasteiger partial charge in [-0.25, -0.2) is 4.39 Å². The van der Waals surface area contributed by atoms with Gasteiger partial charge in [-0.2, -0.15) is 0 Å². The molecule has 1 aromatic carbocycles. The standard InChI is InChI=1S/C8H8BFO/c1-9-7-3-2-6(5-11)8(10)4-7/h2-5,9H,1H3. The van der Waals surface area contributed by atoms with Crippen molar-refractivity contribution in [3.05, 3.63) is 29.6 Å². The molecule has 1 aromatic rings. The average molecular weight is 150 g/mol. The molecule has 0 aromatic heterocycles. The van der Waals surface area contributed by atoms with E-state index in [4.69, 9.17) is 0 Å². The second kappa shape index (κ2) is 3.33. The predicted octanol–water partition coefficient (Wildman–Crippen LogP) is 0.748. The van der Waals surface area contributed by atoms with Gasteiger partial charge in [0.25, 0.3) is 0 Å². The number of aldehydes is 1. The van der Waals surface area contributed by atoms with Crippen LogP contribution in [0.25, 0.3) is 0 Å². The van der Waals surface area contributed by atoms with Crippen LogP contribution in [0.4, 0.5) is 4.39 Å². The van der Waals surface area contributed by atoms with Crippen LogP contribution in [-0.4, -0.2) is 13.6 Å². The highest BCUT2D eigenvalue weighted by atomic mass is 19.1. The van der Waals surface area contributed by atoms with Crippen molar-refractivity contribution in [1.82, 2.24) is 0 Å². The molecule has 0 amide bonds. The molecule has 0 fully saturated rings. The molecule has 0 saturated heterocycles. The van der Waals surface area contributed by atoms with Gasteiger partial charge in [0.15, 0.2) is 13.6 Å². The molecule has 0 saturated carbocycles. The Morgan fingerprint density at radius 2 is 2.27 bits per heavy atom. The van der Waals surface area contributed by atoms with Gasteiger partial charge >= 0.3 is 0 Å². The largest absolute Gasteiger partial charge is 0.298 e. The number of halogens is 1. The summed E-state index contributed by atoms with van der Waals surface area (Å²) in [5.74, 6) is -0.431. The predicted molar refractivity (Wildman–Crippen MR) is 44.4 cm³/mol. The molecule has 0 aliphatic carbocycles. The van der Waals surface area contributed by atoms with Crippen molar-refractivity contribution in [2.45, 2.75) is 6.82 Å². The van der Waals surface area contributed by atoms with E-state index in [0.29, 0.717) is 6.29 Å². The zero-order chi connectivity index (χ0) is 8.27. The third-order valence-electron chi connectivity index (χ3n) is 1.60. The molecule has 3 heteroatoms. The molecule has 56 valence electrons. The van der Waals surface area contributed by atoms with E-state index in [1.807, 2.05) is 6.82 Å². The smallest absolute Gasteiger partial charge is 0.154 e. The highest BCUT2D eigenvalue weighted by Gasteiger charge is 2.00. The molecule has 0 radical (unpaired) electrons. The Balaban J connectivity index is 3.09. The van der Waals surface area contributed by atoms with E-state index in [2.05, 4.69) is 0 Å². The topological polar surface area (TPSA) is 17.1 Å². The fourth-order valence-corrected chi connectivity index (χ4v) is 0.886. The van der Waals surface area contributed by atoms with E-state index in [1.54, 1.807) is 6.07 Å². The summed E-state index contributed by atoms with van der Waals surface area (Å²) < 4.78 is 12.8.